The van der Waals surface area contributed by atoms with Crippen molar-refractivity contribution in [3.8, 4) is 0 Å². The number of anilines is 2. The summed E-state index contributed by atoms with van der Waals surface area (Å²) >= 11 is 0. The summed E-state index contributed by atoms with van der Waals surface area (Å²) in [5.74, 6) is -0.0494. The summed E-state index contributed by atoms with van der Waals surface area (Å²) in [4.78, 5) is 34.2. The zero-order valence-corrected chi connectivity index (χ0v) is 17.5. The van der Waals surface area contributed by atoms with Crippen molar-refractivity contribution in [2.24, 2.45) is 0 Å². The highest BCUT2D eigenvalue weighted by Gasteiger charge is 2.35. The van der Waals surface area contributed by atoms with Gasteiger partial charge in [-0.3, -0.25) is 9.69 Å². The Kier molecular flexibility index (Phi) is 5.77. The predicted molar refractivity (Wildman–Crippen MR) is 113 cm³/mol. The fourth-order valence-electron chi connectivity index (χ4n) is 4.07. The third-order valence-electron chi connectivity index (χ3n) is 5.68. The van der Waals surface area contributed by atoms with Crippen LogP contribution in [0.25, 0.3) is 0 Å². The van der Waals surface area contributed by atoms with E-state index in [1.807, 2.05) is 20.0 Å². The van der Waals surface area contributed by atoms with E-state index in [-0.39, 0.29) is 30.4 Å². The Bertz CT molecular complexity index is 1010. The van der Waals surface area contributed by atoms with Crippen LogP contribution in [-0.4, -0.2) is 72.4 Å². The number of aryl methyl sites for hydroxylation is 2. The Morgan fingerprint density at radius 2 is 1.97 bits per heavy atom. The second-order valence-electron chi connectivity index (χ2n) is 7.88. The van der Waals surface area contributed by atoms with Crippen molar-refractivity contribution in [3.05, 3.63) is 53.0 Å². The summed E-state index contributed by atoms with van der Waals surface area (Å²) in [5, 5.41) is 9.39. The van der Waals surface area contributed by atoms with Gasteiger partial charge in [0.05, 0.1) is 18.3 Å². The zero-order chi connectivity index (χ0) is 22.1. The quantitative estimate of drug-likeness (QED) is 0.803. The van der Waals surface area contributed by atoms with Crippen molar-refractivity contribution in [2.75, 3.05) is 49.2 Å². The molecule has 0 spiro atoms. The molecule has 8 nitrogen and oxygen atoms in total. The van der Waals surface area contributed by atoms with E-state index in [0.29, 0.717) is 26.2 Å². The van der Waals surface area contributed by atoms with Gasteiger partial charge in [0, 0.05) is 37.9 Å². The highest BCUT2D eigenvalue weighted by Crippen LogP contribution is 2.27. The number of carbonyl (C=O) groups excluding carboxylic acids is 2. The number of amides is 2. The number of pyridine rings is 1. The van der Waals surface area contributed by atoms with Crippen LogP contribution in [0, 0.1) is 19.7 Å². The number of hydrogen-bond acceptors (Lipinski definition) is 6. The SMILES string of the molecule is Cc1cnc(N2CCN(C(=O)c3ccc(N4C(=O)OC[C@H]4CO)c(F)c3)CC2)c(C)c1. The van der Waals surface area contributed by atoms with Crippen molar-refractivity contribution >= 4 is 23.5 Å². The van der Waals surface area contributed by atoms with Gasteiger partial charge < -0.3 is 19.6 Å². The van der Waals surface area contributed by atoms with E-state index in [2.05, 4.69) is 16.0 Å². The van der Waals surface area contributed by atoms with Gasteiger partial charge >= 0.3 is 6.09 Å². The third-order valence-corrected chi connectivity index (χ3v) is 5.68. The van der Waals surface area contributed by atoms with Gasteiger partial charge in [-0.25, -0.2) is 14.2 Å². The fourth-order valence-corrected chi connectivity index (χ4v) is 4.07. The number of cyclic esters (lactones) is 1. The number of piperazine rings is 1. The molecule has 2 aliphatic rings. The van der Waals surface area contributed by atoms with Crippen molar-refractivity contribution in [3.63, 3.8) is 0 Å². The van der Waals surface area contributed by atoms with Crippen molar-refractivity contribution in [1.82, 2.24) is 9.88 Å². The average Bonchev–Trinajstić information content (AvgIpc) is 3.13. The normalized spacial score (nSPS) is 19.0. The van der Waals surface area contributed by atoms with Gasteiger partial charge in [0.1, 0.15) is 18.2 Å². The Labute approximate surface area is 179 Å². The molecule has 3 heterocycles. The molecular weight excluding hydrogens is 403 g/mol. The lowest BCUT2D eigenvalue weighted by molar-refractivity contribution is 0.0746. The van der Waals surface area contributed by atoms with Crippen LogP contribution in [0.4, 0.5) is 20.7 Å². The number of aliphatic hydroxyl groups is 1. The molecule has 2 aliphatic heterocycles. The van der Waals surface area contributed by atoms with Crippen molar-refractivity contribution < 1.29 is 23.8 Å². The molecule has 1 aromatic heterocycles. The largest absolute Gasteiger partial charge is 0.447 e. The topological polar surface area (TPSA) is 86.2 Å². The molecule has 2 fully saturated rings. The maximum absolute atomic E-state index is 14.8. The molecule has 164 valence electrons. The Hall–Kier alpha value is -3.20. The van der Waals surface area contributed by atoms with E-state index in [1.54, 1.807) is 4.90 Å². The van der Waals surface area contributed by atoms with Gasteiger partial charge in [0.25, 0.3) is 5.91 Å². The highest BCUT2D eigenvalue weighted by molar-refractivity contribution is 5.96. The van der Waals surface area contributed by atoms with Crippen LogP contribution in [0.15, 0.2) is 30.5 Å². The molecule has 2 aromatic rings. The molecular formula is C22H25FN4O4. The molecule has 2 amide bonds. The minimum absolute atomic E-state index is 0.00491. The van der Waals surface area contributed by atoms with Gasteiger partial charge in [-0.15, -0.1) is 0 Å². The number of benzene rings is 1. The first-order chi connectivity index (χ1) is 14.9. The van der Waals surface area contributed by atoms with E-state index in [4.69, 9.17) is 4.74 Å². The Morgan fingerprint density at radius 1 is 1.23 bits per heavy atom. The first-order valence-electron chi connectivity index (χ1n) is 10.2. The van der Waals surface area contributed by atoms with Gasteiger partial charge in [0.2, 0.25) is 0 Å². The molecule has 9 heteroatoms. The predicted octanol–water partition coefficient (Wildman–Crippen LogP) is 2.12. The highest BCUT2D eigenvalue weighted by atomic mass is 19.1. The van der Waals surface area contributed by atoms with E-state index in [1.165, 1.54) is 12.1 Å². The number of carbonyl (C=O) groups is 2. The molecule has 31 heavy (non-hydrogen) atoms. The molecule has 0 radical (unpaired) electrons. The number of nitrogens with zero attached hydrogens (tertiary/aromatic N) is 4. The van der Waals surface area contributed by atoms with E-state index < -0.39 is 18.0 Å². The summed E-state index contributed by atoms with van der Waals surface area (Å²) in [7, 11) is 0. The Morgan fingerprint density at radius 3 is 2.61 bits per heavy atom. The van der Waals surface area contributed by atoms with Gasteiger partial charge in [-0.05, 0) is 43.2 Å². The number of hydrogen-bond donors (Lipinski definition) is 1. The van der Waals surface area contributed by atoms with Crippen LogP contribution in [0.1, 0.15) is 21.5 Å². The summed E-state index contributed by atoms with van der Waals surface area (Å²) in [6, 6.07) is 5.46. The van der Waals surface area contributed by atoms with E-state index in [9.17, 15) is 19.1 Å². The molecule has 0 saturated carbocycles. The van der Waals surface area contributed by atoms with Gasteiger partial charge in [-0.2, -0.15) is 0 Å². The molecule has 4 rings (SSSR count). The Balaban J connectivity index is 1.44. The monoisotopic (exact) mass is 428 g/mol. The van der Waals surface area contributed by atoms with Crippen LogP contribution < -0.4 is 9.80 Å². The van der Waals surface area contributed by atoms with Crippen LogP contribution >= 0.6 is 0 Å². The van der Waals surface area contributed by atoms with Crippen molar-refractivity contribution in [2.45, 2.75) is 19.9 Å². The van der Waals surface area contributed by atoms with Crippen LogP contribution in [0.3, 0.4) is 0 Å². The fraction of sp³-hybridized carbons (Fsp3) is 0.409. The van der Waals surface area contributed by atoms with Crippen LogP contribution in [0.5, 0.6) is 0 Å². The lowest BCUT2D eigenvalue weighted by Gasteiger charge is -2.36. The minimum Gasteiger partial charge on any atom is -0.447 e. The van der Waals surface area contributed by atoms with Gasteiger partial charge in [-0.1, -0.05) is 6.07 Å². The molecule has 1 atom stereocenters. The zero-order valence-electron chi connectivity index (χ0n) is 17.5. The van der Waals surface area contributed by atoms with E-state index >= 15 is 0 Å². The maximum Gasteiger partial charge on any atom is 0.414 e. The summed E-state index contributed by atoms with van der Waals surface area (Å²) < 4.78 is 19.6. The van der Waals surface area contributed by atoms with Crippen molar-refractivity contribution in [1.29, 1.82) is 0 Å². The molecule has 0 aliphatic carbocycles. The van der Waals surface area contributed by atoms with Crippen LogP contribution in [-0.2, 0) is 4.74 Å². The molecule has 1 aromatic carbocycles. The first-order valence-corrected chi connectivity index (χ1v) is 10.2. The summed E-state index contributed by atoms with van der Waals surface area (Å²) in [6.45, 7) is 5.96. The van der Waals surface area contributed by atoms with E-state index in [0.717, 1.165) is 27.9 Å². The number of ether oxygens (including phenoxy) is 1. The average molecular weight is 428 g/mol. The lowest BCUT2D eigenvalue weighted by Crippen LogP contribution is -2.49. The first kappa shape index (κ1) is 21.0. The second kappa shape index (κ2) is 8.50. The van der Waals surface area contributed by atoms with Crippen LogP contribution in [0.2, 0.25) is 0 Å². The molecule has 0 unspecified atom stereocenters. The molecule has 2 saturated heterocycles. The summed E-state index contributed by atoms with van der Waals surface area (Å²) in [5.41, 5.74) is 2.41. The minimum atomic E-state index is -0.715. The lowest BCUT2D eigenvalue weighted by atomic mass is 10.1. The number of halogens is 1. The second-order valence-corrected chi connectivity index (χ2v) is 7.88. The third kappa shape index (κ3) is 4.05. The summed E-state index contributed by atoms with van der Waals surface area (Å²) in [6.07, 6.45) is 1.12. The molecule has 0 bridgehead atoms. The smallest absolute Gasteiger partial charge is 0.414 e. The number of rotatable bonds is 4. The molecule has 1 N–H and O–H groups in total. The van der Waals surface area contributed by atoms with Gasteiger partial charge in [0.15, 0.2) is 0 Å². The maximum atomic E-state index is 14.8. The number of aromatic nitrogens is 1. The number of aliphatic hydroxyl groups excluding tert-OH is 1. The standard InChI is InChI=1S/C22H25FN4O4/c1-14-9-15(2)20(24-11-14)25-5-7-26(8-6-25)21(29)16-3-4-19(18(23)10-16)27-17(12-28)13-31-22(27)30/h3-4,9-11,17,28H,5-8,12-13H2,1-2H3/t17-/m1/s1.